The van der Waals surface area contributed by atoms with Gasteiger partial charge in [-0.1, -0.05) is 28.8 Å². The lowest BCUT2D eigenvalue weighted by Crippen LogP contribution is -2.45. The van der Waals surface area contributed by atoms with E-state index >= 15 is 0 Å². The average molecular weight is 416 g/mol. The maximum absolute atomic E-state index is 12.8. The molecule has 2 aromatic heterocycles. The average Bonchev–Trinajstić information content (AvgIpc) is 2.64. The Morgan fingerprint density at radius 1 is 1.27 bits per heavy atom. The number of amides is 1. The van der Waals surface area contributed by atoms with Gasteiger partial charge in [0.25, 0.3) is 11.5 Å². The van der Waals surface area contributed by atoms with E-state index in [-0.39, 0.29) is 17.5 Å². The van der Waals surface area contributed by atoms with Crippen LogP contribution in [0.3, 0.4) is 0 Å². The highest BCUT2D eigenvalue weighted by molar-refractivity contribution is 9.10. The third-order valence-electron chi connectivity index (χ3n) is 4.89. The van der Waals surface area contributed by atoms with Gasteiger partial charge in [-0.25, -0.2) is 4.98 Å². The molecule has 0 radical (unpaired) electrons. The summed E-state index contributed by atoms with van der Waals surface area (Å²) in [6.45, 7) is 0. The minimum Gasteiger partial charge on any atom is -0.391 e. The molecule has 2 heterocycles. The largest absolute Gasteiger partial charge is 0.391 e. The van der Waals surface area contributed by atoms with Crippen LogP contribution in [-0.2, 0) is 0 Å². The van der Waals surface area contributed by atoms with E-state index in [0.717, 1.165) is 23.7 Å². The number of carbonyl (C=O) groups excluding carboxylic acids is 1. The Hall–Kier alpha value is -2.25. The topological polar surface area (TPSA) is 83.7 Å². The Morgan fingerprint density at radius 3 is 2.88 bits per heavy atom. The van der Waals surface area contributed by atoms with Gasteiger partial charge in [-0.3, -0.25) is 14.0 Å². The summed E-state index contributed by atoms with van der Waals surface area (Å²) >= 11 is 3.37. The summed E-state index contributed by atoms with van der Waals surface area (Å²) < 4.78 is 2.19. The Bertz CT molecular complexity index is 1060. The second kappa shape index (κ2) is 6.81. The highest BCUT2D eigenvalue weighted by Gasteiger charge is 2.26. The number of hydrogen-bond acceptors (Lipinski definition) is 4. The molecule has 2 atom stereocenters. The number of aliphatic hydroxyl groups is 1. The third kappa shape index (κ3) is 3.01. The fraction of sp³-hybridized carbons (Fsp3) is 0.316. The van der Waals surface area contributed by atoms with Crippen molar-refractivity contribution < 1.29 is 9.90 Å². The molecule has 0 unspecified atom stereocenters. The number of fused-ring (bicyclic) bond motifs is 2. The van der Waals surface area contributed by atoms with Gasteiger partial charge in [0, 0.05) is 10.7 Å². The number of hydrogen-bond donors (Lipinski definition) is 2. The van der Waals surface area contributed by atoms with Crippen molar-refractivity contribution in [2.24, 2.45) is 0 Å². The van der Waals surface area contributed by atoms with Crippen molar-refractivity contribution in [3.8, 4) is 0 Å². The van der Waals surface area contributed by atoms with Gasteiger partial charge < -0.3 is 10.4 Å². The third-order valence-corrected chi connectivity index (χ3v) is 5.39. The molecule has 1 aliphatic rings. The van der Waals surface area contributed by atoms with Gasteiger partial charge in [-0.05, 0) is 43.2 Å². The van der Waals surface area contributed by atoms with E-state index in [1.165, 1.54) is 4.40 Å². The summed E-state index contributed by atoms with van der Waals surface area (Å²) in [7, 11) is 0. The first-order valence-electron chi connectivity index (χ1n) is 8.64. The lowest BCUT2D eigenvalue weighted by atomic mass is 9.92. The van der Waals surface area contributed by atoms with Crippen LogP contribution >= 0.6 is 15.9 Å². The predicted molar refractivity (Wildman–Crippen MR) is 102 cm³/mol. The summed E-state index contributed by atoms with van der Waals surface area (Å²) in [4.78, 5) is 30.1. The zero-order valence-electron chi connectivity index (χ0n) is 14.0. The van der Waals surface area contributed by atoms with Crippen LogP contribution in [0.25, 0.3) is 16.6 Å². The summed E-state index contributed by atoms with van der Waals surface area (Å²) in [5, 5.41) is 13.5. The molecule has 0 bridgehead atoms. The Balaban J connectivity index is 1.80. The molecule has 1 aliphatic carbocycles. The Morgan fingerprint density at radius 2 is 2.08 bits per heavy atom. The highest BCUT2D eigenvalue weighted by atomic mass is 79.9. The minimum atomic E-state index is -0.531. The number of rotatable bonds is 2. The molecule has 0 saturated heterocycles. The number of carbonyl (C=O) groups is 1. The van der Waals surface area contributed by atoms with Gasteiger partial charge in [0.1, 0.15) is 0 Å². The van der Waals surface area contributed by atoms with Crippen molar-refractivity contribution in [1.82, 2.24) is 14.7 Å². The first kappa shape index (κ1) is 17.2. The van der Waals surface area contributed by atoms with E-state index in [2.05, 4.69) is 26.2 Å². The van der Waals surface area contributed by atoms with Crippen LogP contribution in [0.4, 0.5) is 0 Å². The predicted octanol–water partition coefficient (Wildman–Crippen LogP) is 2.64. The Kier molecular flexibility index (Phi) is 4.50. The number of halogens is 1. The van der Waals surface area contributed by atoms with Crippen LogP contribution in [0.1, 0.15) is 36.0 Å². The maximum atomic E-state index is 12.8. The van der Waals surface area contributed by atoms with Crippen molar-refractivity contribution in [3.05, 3.63) is 56.9 Å². The summed E-state index contributed by atoms with van der Waals surface area (Å²) in [5.41, 5.74) is 0.956. The van der Waals surface area contributed by atoms with E-state index in [4.69, 9.17) is 0 Å². The van der Waals surface area contributed by atoms with Crippen molar-refractivity contribution in [3.63, 3.8) is 0 Å². The number of pyridine rings is 1. The second-order valence-corrected chi connectivity index (χ2v) is 7.54. The molecule has 4 rings (SSSR count). The fourth-order valence-electron chi connectivity index (χ4n) is 3.50. The maximum Gasteiger partial charge on any atom is 0.265 e. The van der Waals surface area contributed by atoms with Crippen molar-refractivity contribution >= 4 is 38.4 Å². The molecular formula is C19H18BrN3O3. The lowest BCUT2D eigenvalue weighted by Gasteiger charge is -2.28. The number of nitrogens with one attached hydrogen (secondary N) is 1. The van der Waals surface area contributed by atoms with E-state index in [1.807, 2.05) is 6.07 Å². The van der Waals surface area contributed by atoms with Crippen LogP contribution in [0.2, 0.25) is 0 Å². The molecule has 1 amide bonds. The first-order chi connectivity index (χ1) is 12.5. The first-order valence-corrected chi connectivity index (χ1v) is 9.43. The summed E-state index contributed by atoms with van der Waals surface area (Å²) in [6.07, 6.45) is 4.48. The van der Waals surface area contributed by atoms with Gasteiger partial charge in [-0.2, -0.15) is 0 Å². The van der Waals surface area contributed by atoms with E-state index in [1.54, 1.807) is 30.5 Å². The Labute approximate surface area is 158 Å². The number of aliphatic hydroxyl groups excluding tert-OH is 1. The number of aromatic nitrogens is 2. The molecule has 6 nitrogen and oxygen atoms in total. The standard InChI is InChI=1S/C19H18BrN3O3/c20-11-7-8-14-13(10-11)19(26)23-9-3-4-12(17(23)21-14)18(25)22-15-5-1-2-6-16(15)24/h3-4,7-10,15-16,24H,1-2,5-6H2,(H,22,25)/t15-,16+/m0/s1. The normalized spacial score (nSPS) is 20.4. The van der Waals surface area contributed by atoms with E-state index in [0.29, 0.717) is 28.5 Å². The number of benzene rings is 1. The van der Waals surface area contributed by atoms with Crippen LogP contribution in [0, 0.1) is 0 Å². The molecule has 7 heteroatoms. The van der Waals surface area contributed by atoms with E-state index in [9.17, 15) is 14.7 Å². The molecule has 1 aromatic carbocycles. The minimum absolute atomic E-state index is 0.223. The molecule has 26 heavy (non-hydrogen) atoms. The van der Waals surface area contributed by atoms with Crippen molar-refractivity contribution in [2.45, 2.75) is 37.8 Å². The van der Waals surface area contributed by atoms with Crippen LogP contribution in [-0.4, -0.2) is 32.5 Å². The molecule has 1 fully saturated rings. The fourth-order valence-corrected chi connectivity index (χ4v) is 3.86. The molecule has 2 N–H and O–H groups in total. The quantitative estimate of drug-likeness (QED) is 0.630. The molecule has 0 aliphatic heterocycles. The van der Waals surface area contributed by atoms with Gasteiger partial charge in [0.15, 0.2) is 5.65 Å². The van der Waals surface area contributed by atoms with Gasteiger partial charge in [0.2, 0.25) is 0 Å². The van der Waals surface area contributed by atoms with Gasteiger partial charge in [-0.15, -0.1) is 0 Å². The van der Waals surface area contributed by atoms with Crippen LogP contribution in [0.15, 0.2) is 45.8 Å². The zero-order valence-corrected chi connectivity index (χ0v) is 15.6. The number of nitrogens with zero attached hydrogens (tertiary/aromatic N) is 2. The smallest absolute Gasteiger partial charge is 0.265 e. The second-order valence-electron chi connectivity index (χ2n) is 6.63. The highest BCUT2D eigenvalue weighted by Crippen LogP contribution is 2.20. The molecule has 134 valence electrons. The van der Waals surface area contributed by atoms with Gasteiger partial charge in [0.05, 0.1) is 28.6 Å². The summed E-state index contributed by atoms with van der Waals surface area (Å²) in [5.74, 6) is -0.322. The van der Waals surface area contributed by atoms with E-state index < -0.39 is 6.10 Å². The monoisotopic (exact) mass is 415 g/mol. The molecule has 3 aromatic rings. The summed E-state index contributed by atoms with van der Waals surface area (Å²) in [6, 6.07) is 8.33. The molecular weight excluding hydrogens is 398 g/mol. The lowest BCUT2D eigenvalue weighted by molar-refractivity contribution is 0.0718. The molecule has 1 saturated carbocycles. The van der Waals surface area contributed by atoms with Crippen molar-refractivity contribution in [2.75, 3.05) is 0 Å². The molecule has 0 spiro atoms. The van der Waals surface area contributed by atoms with Crippen LogP contribution in [0.5, 0.6) is 0 Å². The zero-order chi connectivity index (χ0) is 18.3. The van der Waals surface area contributed by atoms with Crippen LogP contribution < -0.4 is 10.9 Å². The van der Waals surface area contributed by atoms with Gasteiger partial charge >= 0.3 is 0 Å². The SMILES string of the molecule is O=C(N[C@H]1CCCC[C@H]1O)c1cccn2c(=O)c3cc(Br)ccc3nc12. The van der Waals surface area contributed by atoms with Crippen molar-refractivity contribution in [1.29, 1.82) is 0 Å².